The Bertz CT molecular complexity index is 691. The first kappa shape index (κ1) is 14.8. The first-order chi connectivity index (χ1) is 10.2. The standard InChI is InChI=1S/C16H17N3O2/c1-3-19(11-16(20)21-4-2)15-9-12(10-17)13-7-5-6-8-14(13)18-15/h5-9H,3-4,11H2,1-2H3. The van der Waals surface area contributed by atoms with Gasteiger partial charge in [-0.3, -0.25) is 4.79 Å². The van der Waals surface area contributed by atoms with Crippen molar-refractivity contribution in [2.75, 3.05) is 24.6 Å². The van der Waals surface area contributed by atoms with Crippen LogP contribution < -0.4 is 4.90 Å². The summed E-state index contributed by atoms with van der Waals surface area (Å²) >= 11 is 0. The van der Waals surface area contributed by atoms with Crippen LogP contribution in [0.4, 0.5) is 5.82 Å². The topological polar surface area (TPSA) is 66.2 Å². The largest absolute Gasteiger partial charge is 0.465 e. The average Bonchev–Trinajstić information content (AvgIpc) is 2.51. The van der Waals surface area contributed by atoms with Crippen molar-refractivity contribution in [3.63, 3.8) is 0 Å². The van der Waals surface area contributed by atoms with Crippen molar-refractivity contribution >= 4 is 22.7 Å². The first-order valence-electron chi connectivity index (χ1n) is 6.90. The zero-order valence-corrected chi connectivity index (χ0v) is 12.2. The summed E-state index contributed by atoms with van der Waals surface area (Å²) in [7, 11) is 0. The third kappa shape index (κ3) is 3.29. The van der Waals surface area contributed by atoms with Gasteiger partial charge in [0.1, 0.15) is 12.4 Å². The van der Waals surface area contributed by atoms with Gasteiger partial charge >= 0.3 is 5.97 Å². The summed E-state index contributed by atoms with van der Waals surface area (Å²) in [6, 6.07) is 11.4. The average molecular weight is 283 g/mol. The number of carbonyl (C=O) groups is 1. The molecular weight excluding hydrogens is 266 g/mol. The molecule has 1 heterocycles. The second-order valence-electron chi connectivity index (χ2n) is 4.48. The van der Waals surface area contributed by atoms with E-state index in [4.69, 9.17) is 4.74 Å². The number of pyridine rings is 1. The van der Waals surface area contributed by atoms with Crippen LogP contribution in [0.5, 0.6) is 0 Å². The van der Waals surface area contributed by atoms with Crippen LogP contribution >= 0.6 is 0 Å². The molecule has 0 saturated carbocycles. The van der Waals surface area contributed by atoms with Crippen molar-refractivity contribution in [1.29, 1.82) is 5.26 Å². The number of likely N-dealkylation sites (N-methyl/N-ethyl adjacent to an activating group) is 1. The molecule has 108 valence electrons. The highest BCUT2D eigenvalue weighted by Crippen LogP contribution is 2.22. The van der Waals surface area contributed by atoms with E-state index in [9.17, 15) is 10.1 Å². The van der Waals surface area contributed by atoms with Gasteiger partial charge in [0.15, 0.2) is 0 Å². The molecule has 0 bridgehead atoms. The third-order valence-corrected chi connectivity index (χ3v) is 3.15. The predicted octanol–water partition coefficient (Wildman–Crippen LogP) is 2.50. The van der Waals surface area contributed by atoms with Crippen LogP contribution in [0.25, 0.3) is 10.9 Å². The maximum atomic E-state index is 11.6. The van der Waals surface area contributed by atoms with E-state index in [2.05, 4.69) is 11.1 Å². The minimum atomic E-state index is -0.298. The summed E-state index contributed by atoms with van der Waals surface area (Å²) in [5.41, 5.74) is 1.30. The Hall–Kier alpha value is -2.61. The highest BCUT2D eigenvalue weighted by molar-refractivity contribution is 5.87. The highest BCUT2D eigenvalue weighted by Gasteiger charge is 2.14. The lowest BCUT2D eigenvalue weighted by Gasteiger charge is -2.21. The minimum Gasteiger partial charge on any atom is -0.465 e. The Kier molecular flexibility index (Phi) is 4.72. The summed E-state index contributed by atoms with van der Waals surface area (Å²) < 4.78 is 4.97. The Morgan fingerprint density at radius 3 is 2.81 bits per heavy atom. The summed E-state index contributed by atoms with van der Waals surface area (Å²) in [6.07, 6.45) is 0. The fraction of sp³-hybridized carbons (Fsp3) is 0.312. The SMILES string of the molecule is CCOC(=O)CN(CC)c1cc(C#N)c2ccccc2n1. The molecule has 0 aliphatic heterocycles. The van der Waals surface area contributed by atoms with Gasteiger partial charge in [0.2, 0.25) is 0 Å². The van der Waals surface area contributed by atoms with E-state index in [0.29, 0.717) is 24.5 Å². The van der Waals surface area contributed by atoms with Crippen LogP contribution in [0, 0.1) is 11.3 Å². The molecule has 0 amide bonds. The van der Waals surface area contributed by atoms with E-state index in [0.717, 1.165) is 10.9 Å². The number of benzene rings is 1. The van der Waals surface area contributed by atoms with E-state index in [1.54, 1.807) is 17.9 Å². The molecule has 0 radical (unpaired) electrons. The zero-order chi connectivity index (χ0) is 15.2. The molecule has 5 heteroatoms. The monoisotopic (exact) mass is 283 g/mol. The van der Waals surface area contributed by atoms with E-state index < -0.39 is 0 Å². The van der Waals surface area contributed by atoms with Crippen LogP contribution in [-0.4, -0.2) is 30.6 Å². The lowest BCUT2D eigenvalue weighted by Crippen LogP contribution is -2.31. The molecule has 0 unspecified atom stereocenters. The van der Waals surface area contributed by atoms with Crippen LogP contribution in [0.1, 0.15) is 19.4 Å². The van der Waals surface area contributed by atoms with Crippen LogP contribution in [0.15, 0.2) is 30.3 Å². The van der Waals surface area contributed by atoms with Crippen molar-refractivity contribution < 1.29 is 9.53 Å². The lowest BCUT2D eigenvalue weighted by molar-refractivity contribution is -0.141. The van der Waals surface area contributed by atoms with E-state index in [-0.39, 0.29) is 12.5 Å². The summed E-state index contributed by atoms with van der Waals surface area (Å²) in [5.74, 6) is 0.314. The number of fused-ring (bicyclic) bond motifs is 1. The molecule has 0 fully saturated rings. The lowest BCUT2D eigenvalue weighted by atomic mass is 10.1. The van der Waals surface area contributed by atoms with Crippen molar-refractivity contribution in [1.82, 2.24) is 4.98 Å². The third-order valence-electron chi connectivity index (χ3n) is 3.15. The number of anilines is 1. The van der Waals surface area contributed by atoms with E-state index in [1.807, 2.05) is 31.2 Å². The number of ether oxygens (including phenoxy) is 1. The van der Waals surface area contributed by atoms with Gasteiger partial charge in [-0.2, -0.15) is 5.26 Å². The maximum Gasteiger partial charge on any atom is 0.325 e. The zero-order valence-electron chi connectivity index (χ0n) is 12.2. The van der Waals surface area contributed by atoms with Crippen molar-refractivity contribution in [2.45, 2.75) is 13.8 Å². The number of nitriles is 1. The Morgan fingerprint density at radius 1 is 1.38 bits per heavy atom. The number of aromatic nitrogens is 1. The number of nitrogens with zero attached hydrogens (tertiary/aromatic N) is 3. The quantitative estimate of drug-likeness (QED) is 0.789. The smallest absolute Gasteiger partial charge is 0.325 e. The van der Waals surface area contributed by atoms with E-state index in [1.165, 1.54) is 0 Å². The predicted molar refractivity (Wildman–Crippen MR) is 81.0 cm³/mol. The van der Waals surface area contributed by atoms with Gasteiger partial charge in [-0.25, -0.2) is 4.98 Å². The molecule has 5 nitrogen and oxygen atoms in total. The van der Waals surface area contributed by atoms with Gasteiger partial charge in [-0.05, 0) is 26.0 Å². The van der Waals surface area contributed by atoms with Gasteiger partial charge in [-0.1, -0.05) is 18.2 Å². The number of esters is 1. The second-order valence-corrected chi connectivity index (χ2v) is 4.48. The molecule has 0 aliphatic carbocycles. The summed E-state index contributed by atoms with van der Waals surface area (Å²) in [6.45, 7) is 4.79. The Labute approximate surface area is 123 Å². The molecule has 2 rings (SSSR count). The fourth-order valence-corrected chi connectivity index (χ4v) is 2.13. The van der Waals surface area contributed by atoms with Crippen molar-refractivity contribution in [3.8, 4) is 6.07 Å². The number of para-hydroxylation sites is 1. The van der Waals surface area contributed by atoms with Crippen LogP contribution in [0.3, 0.4) is 0 Å². The second kappa shape index (κ2) is 6.71. The molecule has 0 N–H and O–H groups in total. The number of hydrogen-bond donors (Lipinski definition) is 0. The Morgan fingerprint density at radius 2 is 2.14 bits per heavy atom. The number of carbonyl (C=O) groups excluding carboxylic acids is 1. The van der Waals surface area contributed by atoms with Gasteiger partial charge < -0.3 is 9.64 Å². The minimum absolute atomic E-state index is 0.126. The normalized spacial score (nSPS) is 10.1. The van der Waals surface area contributed by atoms with Crippen LogP contribution in [-0.2, 0) is 9.53 Å². The van der Waals surface area contributed by atoms with Gasteiger partial charge in [-0.15, -0.1) is 0 Å². The fourth-order valence-electron chi connectivity index (χ4n) is 2.13. The molecule has 0 atom stereocenters. The summed E-state index contributed by atoms with van der Waals surface area (Å²) in [4.78, 5) is 18.0. The molecule has 1 aromatic carbocycles. The number of hydrogen-bond acceptors (Lipinski definition) is 5. The molecular formula is C16H17N3O2. The molecule has 0 spiro atoms. The Balaban J connectivity index is 2.40. The number of rotatable bonds is 5. The van der Waals surface area contributed by atoms with Crippen molar-refractivity contribution in [2.24, 2.45) is 0 Å². The van der Waals surface area contributed by atoms with Gasteiger partial charge in [0.25, 0.3) is 0 Å². The molecule has 21 heavy (non-hydrogen) atoms. The van der Waals surface area contributed by atoms with Crippen LogP contribution in [0.2, 0.25) is 0 Å². The molecule has 1 aromatic heterocycles. The molecule has 0 aliphatic rings. The first-order valence-corrected chi connectivity index (χ1v) is 6.90. The molecule has 0 saturated heterocycles. The van der Waals surface area contributed by atoms with Crippen molar-refractivity contribution in [3.05, 3.63) is 35.9 Å². The van der Waals surface area contributed by atoms with E-state index >= 15 is 0 Å². The van der Waals surface area contributed by atoms with Gasteiger partial charge in [0, 0.05) is 11.9 Å². The van der Waals surface area contributed by atoms with Gasteiger partial charge in [0.05, 0.1) is 23.8 Å². The maximum absolute atomic E-state index is 11.6. The highest BCUT2D eigenvalue weighted by atomic mass is 16.5. The molecule has 2 aromatic rings. The summed E-state index contributed by atoms with van der Waals surface area (Å²) in [5, 5.41) is 10.1.